The monoisotopic (exact) mass is 321 g/mol. The fraction of sp³-hybridized carbons (Fsp3) is 0.318. The normalized spacial score (nSPS) is 11.0. The van der Waals surface area contributed by atoms with Crippen LogP contribution in [0, 0.1) is 0 Å². The van der Waals surface area contributed by atoms with Gasteiger partial charge in [-0.1, -0.05) is 74.9 Å². The third kappa shape index (κ3) is 4.58. The van der Waals surface area contributed by atoms with E-state index < -0.39 is 0 Å². The van der Waals surface area contributed by atoms with Crippen molar-refractivity contribution in [3.05, 3.63) is 77.4 Å². The highest BCUT2D eigenvalue weighted by Crippen LogP contribution is 2.33. The van der Waals surface area contributed by atoms with Crippen LogP contribution in [0.4, 0.5) is 5.69 Å². The molecule has 0 atom stereocenters. The largest absolute Gasteiger partial charge is 0.304 e. The van der Waals surface area contributed by atoms with E-state index in [1.54, 1.807) is 6.08 Å². The lowest BCUT2D eigenvalue weighted by Crippen LogP contribution is -2.31. The SMILES string of the molecule is CC(C)=CC(=O)N(Cc1ccccc1)c1ccccc1C(C)(C)C. The van der Waals surface area contributed by atoms with Crippen LogP contribution in [-0.4, -0.2) is 5.91 Å². The maximum atomic E-state index is 12.9. The second-order valence-corrected chi connectivity index (χ2v) is 7.40. The molecule has 0 aliphatic carbocycles. The van der Waals surface area contributed by atoms with Crippen molar-refractivity contribution >= 4 is 11.6 Å². The molecule has 0 bridgehead atoms. The minimum atomic E-state index is -0.0310. The van der Waals surface area contributed by atoms with E-state index in [1.165, 1.54) is 5.56 Å². The summed E-state index contributed by atoms with van der Waals surface area (Å²) in [7, 11) is 0. The molecule has 2 aromatic carbocycles. The fourth-order valence-corrected chi connectivity index (χ4v) is 2.72. The van der Waals surface area contributed by atoms with Crippen molar-refractivity contribution in [3.63, 3.8) is 0 Å². The molecule has 126 valence electrons. The molecule has 0 aliphatic heterocycles. The molecule has 0 unspecified atom stereocenters. The Morgan fingerprint density at radius 1 is 0.958 bits per heavy atom. The van der Waals surface area contributed by atoms with Gasteiger partial charge in [0.25, 0.3) is 5.91 Å². The molecule has 2 aromatic rings. The lowest BCUT2D eigenvalue weighted by molar-refractivity contribution is -0.114. The third-order valence-electron chi connectivity index (χ3n) is 3.86. The number of hydrogen-bond donors (Lipinski definition) is 0. The van der Waals surface area contributed by atoms with E-state index in [1.807, 2.05) is 55.1 Å². The van der Waals surface area contributed by atoms with Crippen molar-refractivity contribution < 1.29 is 4.79 Å². The van der Waals surface area contributed by atoms with Crippen molar-refractivity contribution in [2.24, 2.45) is 0 Å². The van der Waals surface area contributed by atoms with Crippen molar-refractivity contribution in [1.82, 2.24) is 0 Å². The molecule has 0 aromatic heterocycles. The number of carbonyl (C=O) groups excluding carboxylic acids is 1. The van der Waals surface area contributed by atoms with Crippen molar-refractivity contribution in [1.29, 1.82) is 0 Å². The zero-order valence-electron chi connectivity index (χ0n) is 15.3. The van der Waals surface area contributed by atoms with E-state index in [9.17, 15) is 4.79 Å². The van der Waals surface area contributed by atoms with Crippen molar-refractivity contribution in [3.8, 4) is 0 Å². The quantitative estimate of drug-likeness (QED) is 0.682. The van der Waals surface area contributed by atoms with Crippen molar-refractivity contribution in [2.75, 3.05) is 4.90 Å². The van der Waals surface area contributed by atoms with E-state index in [0.29, 0.717) is 6.54 Å². The predicted octanol–water partition coefficient (Wildman–Crippen LogP) is 5.48. The Balaban J connectivity index is 2.51. The number of benzene rings is 2. The summed E-state index contributed by atoms with van der Waals surface area (Å²) >= 11 is 0. The van der Waals surface area contributed by atoms with Gasteiger partial charge >= 0.3 is 0 Å². The minimum Gasteiger partial charge on any atom is -0.304 e. The summed E-state index contributed by atoms with van der Waals surface area (Å²) in [4.78, 5) is 14.8. The summed E-state index contributed by atoms with van der Waals surface area (Å²) in [5.74, 6) is 0.0237. The molecule has 24 heavy (non-hydrogen) atoms. The maximum Gasteiger partial charge on any atom is 0.251 e. The van der Waals surface area contributed by atoms with Crippen LogP contribution in [0.5, 0.6) is 0 Å². The predicted molar refractivity (Wildman–Crippen MR) is 102 cm³/mol. The topological polar surface area (TPSA) is 20.3 Å². The lowest BCUT2D eigenvalue weighted by Gasteiger charge is -2.30. The minimum absolute atomic E-state index is 0.0237. The molecule has 0 fully saturated rings. The number of nitrogens with zero attached hydrogens (tertiary/aromatic N) is 1. The number of rotatable bonds is 4. The van der Waals surface area contributed by atoms with Crippen LogP contribution in [-0.2, 0) is 16.8 Å². The van der Waals surface area contributed by atoms with Gasteiger partial charge in [-0.2, -0.15) is 0 Å². The number of hydrogen-bond acceptors (Lipinski definition) is 1. The summed E-state index contributed by atoms with van der Waals surface area (Å²) < 4.78 is 0. The fourth-order valence-electron chi connectivity index (χ4n) is 2.72. The maximum absolute atomic E-state index is 12.9. The second-order valence-electron chi connectivity index (χ2n) is 7.40. The number of carbonyl (C=O) groups is 1. The molecule has 2 heteroatoms. The Hall–Kier alpha value is -2.35. The van der Waals surface area contributed by atoms with Crippen LogP contribution in [0.3, 0.4) is 0 Å². The molecule has 2 rings (SSSR count). The Morgan fingerprint density at radius 2 is 1.54 bits per heavy atom. The molecule has 2 nitrogen and oxygen atoms in total. The number of para-hydroxylation sites is 1. The van der Waals surface area contributed by atoms with Gasteiger partial charge in [0.15, 0.2) is 0 Å². The summed E-state index contributed by atoms with van der Waals surface area (Å²) in [6.45, 7) is 11.0. The van der Waals surface area contributed by atoms with E-state index in [0.717, 1.165) is 16.8 Å². The first-order valence-corrected chi connectivity index (χ1v) is 8.39. The molecular formula is C22H27NO. The van der Waals surface area contributed by atoms with Gasteiger partial charge in [0.2, 0.25) is 0 Å². The molecular weight excluding hydrogens is 294 g/mol. The molecule has 0 radical (unpaired) electrons. The van der Waals surface area contributed by atoms with Gasteiger partial charge in [-0.15, -0.1) is 0 Å². The number of anilines is 1. The van der Waals surface area contributed by atoms with Crippen LogP contribution in [0.2, 0.25) is 0 Å². The first-order chi connectivity index (χ1) is 11.3. The van der Waals surface area contributed by atoms with E-state index >= 15 is 0 Å². The highest BCUT2D eigenvalue weighted by Gasteiger charge is 2.23. The first kappa shape index (κ1) is 18.0. The van der Waals surface area contributed by atoms with Gasteiger partial charge in [0, 0.05) is 11.8 Å². The average Bonchev–Trinajstić information content (AvgIpc) is 2.52. The lowest BCUT2D eigenvalue weighted by atomic mass is 9.85. The molecule has 0 saturated carbocycles. The second kappa shape index (κ2) is 7.48. The third-order valence-corrected chi connectivity index (χ3v) is 3.86. The Morgan fingerprint density at radius 3 is 2.12 bits per heavy atom. The molecule has 0 heterocycles. The average molecular weight is 321 g/mol. The Bertz CT molecular complexity index is 719. The van der Waals surface area contributed by atoms with Gasteiger partial charge in [0.1, 0.15) is 0 Å². The van der Waals surface area contributed by atoms with Gasteiger partial charge in [-0.05, 0) is 36.5 Å². The van der Waals surface area contributed by atoms with E-state index in [-0.39, 0.29) is 11.3 Å². The first-order valence-electron chi connectivity index (χ1n) is 8.39. The highest BCUT2D eigenvalue weighted by atomic mass is 16.2. The van der Waals surface area contributed by atoms with Gasteiger partial charge < -0.3 is 4.90 Å². The molecule has 0 saturated heterocycles. The van der Waals surface area contributed by atoms with Crippen LogP contribution < -0.4 is 4.90 Å². The molecule has 0 spiro atoms. The van der Waals surface area contributed by atoms with Gasteiger partial charge in [-0.25, -0.2) is 0 Å². The molecule has 0 aliphatic rings. The Labute approximate surface area is 145 Å². The molecule has 0 N–H and O–H groups in total. The summed E-state index contributed by atoms with van der Waals surface area (Å²) in [5, 5.41) is 0. The van der Waals surface area contributed by atoms with E-state index in [2.05, 4.69) is 39.0 Å². The van der Waals surface area contributed by atoms with Gasteiger partial charge in [0.05, 0.1) is 6.54 Å². The number of amides is 1. The Kier molecular flexibility index (Phi) is 5.61. The van der Waals surface area contributed by atoms with Crippen molar-refractivity contribution in [2.45, 2.75) is 46.6 Å². The van der Waals surface area contributed by atoms with Crippen LogP contribution in [0.1, 0.15) is 45.7 Å². The zero-order chi connectivity index (χ0) is 17.7. The standard InChI is InChI=1S/C22H27NO/c1-17(2)15-21(24)23(16-18-11-7-6-8-12-18)20-14-10-9-13-19(20)22(3,4)5/h6-15H,16H2,1-5H3. The van der Waals surface area contributed by atoms with Crippen LogP contribution >= 0.6 is 0 Å². The highest BCUT2D eigenvalue weighted by molar-refractivity contribution is 6.02. The zero-order valence-corrected chi connectivity index (χ0v) is 15.3. The van der Waals surface area contributed by atoms with Crippen LogP contribution in [0.15, 0.2) is 66.2 Å². The molecule has 1 amide bonds. The summed E-state index contributed by atoms with van der Waals surface area (Å²) in [6.07, 6.45) is 1.71. The summed E-state index contributed by atoms with van der Waals surface area (Å²) in [5.41, 5.74) is 4.26. The number of allylic oxidation sites excluding steroid dienone is 1. The summed E-state index contributed by atoms with van der Waals surface area (Å²) in [6, 6.07) is 18.3. The van der Waals surface area contributed by atoms with Crippen LogP contribution in [0.25, 0.3) is 0 Å². The van der Waals surface area contributed by atoms with Gasteiger partial charge in [-0.3, -0.25) is 4.79 Å². The smallest absolute Gasteiger partial charge is 0.251 e. The van der Waals surface area contributed by atoms with E-state index in [4.69, 9.17) is 0 Å².